The zero-order valence-electron chi connectivity index (χ0n) is 16.3. The standard InChI is InChI=1S/C24H30O2Si/c1-3-18-27(2)20-24(15-16-25,22-12-7-8-13-23(22)27)14-9-17-26-19-21-10-5-4-6-11-21/h3-8,10-13,16H,1,9,14-15,17-20H2,2H3/t24-,27+/m1/s1. The van der Waals surface area contributed by atoms with E-state index in [1.807, 2.05) is 18.2 Å². The molecule has 3 heteroatoms. The minimum absolute atomic E-state index is 0.0154. The third kappa shape index (κ3) is 4.31. The van der Waals surface area contributed by atoms with Crippen molar-refractivity contribution in [3.8, 4) is 0 Å². The van der Waals surface area contributed by atoms with Crippen LogP contribution < -0.4 is 5.19 Å². The van der Waals surface area contributed by atoms with Crippen molar-refractivity contribution in [2.45, 2.75) is 49.9 Å². The first kappa shape index (κ1) is 19.8. The van der Waals surface area contributed by atoms with Gasteiger partial charge < -0.3 is 9.53 Å². The number of aldehydes is 1. The third-order valence-electron chi connectivity index (χ3n) is 6.00. The lowest BCUT2D eigenvalue weighted by molar-refractivity contribution is -0.108. The normalized spacial score (nSPS) is 23.7. The van der Waals surface area contributed by atoms with Gasteiger partial charge in [0.25, 0.3) is 0 Å². The fourth-order valence-corrected chi connectivity index (χ4v) is 9.55. The molecule has 0 aliphatic carbocycles. The Bertz CT molecular complexity index is 773. The predicted octanol–water partition coefficient (Wildman–Crippen LogP) is 5.00. The summed E-state index contributed by atoms with van der Waals surface area (Å²) in [5.41, 5.74) is 2.60. The van der Waals surface area contributed by atoms with Crippen molar-refractivity contribution in [2.75, 3.05) is 6.61 Å². The molecule has 1 heterocycles. The predicted molar refractivity (Wildman–Crippen MR) is 115 cm³/mol. The van der Waals surface area contributed by atoms with Gasteiger partial charge in [-0.3, -0.25) is 0 Å². The molecule has 2 aromatic carbocycles. The molecule has 0 saturated heterocycles. The fourth-order valence-electron chi connectivity index (χ4n) is 4.85. The largest absolute Gasteiger partial charge is 0.377 e. The van der Waals surface area contributed by atoms with Crippen LogP contribution in [0, 0.1) is 0 Å². The van der Waals surface area contributed by atoms with Gasteiger partial charge in [-0.1, -0.05) is 72.4 Å². The second kappa shape index (κ2) is 8.81. The molecule has 0 fully saturated rings. The maximum absolute atomic E-state index is 11.6. The maximum atomic E-state index is 11.6. The molecule has 0 spiro atoms. The van der Waals surface area contributed by atoms with E-state index in [2.05, 4.69) is 55.6 Å². The van der Waals surface area contributed by atoms with Crippen LogP contribution in [0.15, 0.2) is 67.3 Å². The quantitative estimate of drug-likeness (QED) is 0.252. The van der Waals surface area contributed by atoms with Crippen molar-refractivity contribution in [3.05, 3.63) is 78.4 Å². The molecule has 2 nitrogen and oxygen atoms in total. The second-order valence-corrected chi connectivity index (χ2v) is 12.5. The molecule has 142 valence electrons. The summed E-state index contributed by atoms with van der Waals surface area (Å²) in [6.07, 6.45) is 5.80. The van der Waals surface area contributed by atoms with Gasteiger partial charge in [0.15, 0.2) is 0 Å². The number of hydrogen-bond acceptors (Lipinski definition) is 2. The van der Waals surface area contributed by atoms with Crippen LogP contribution in [0.4, 0.5) is 0 Å². The van der Waals surface area contributed by atoms with E-state index < -0.39 is 8.07 Å². The molecule has 27 heavy (non-hydrogen) atoms. The van der Waals surface area contributed by atoms with Crippen LogP contribution in [0.1, 0.15) is 30.4 Å². The van der Waals surface area contributed by atoms with Crippen molar-refractivity contribution < 1.29 is 9.53 Å². The maximum Gasteiger partial charge on any atom is 0.120 e. The number of allylic oxidation sites excluding steroid dienone is 1. The molecule has 1 aliphatic rings. The van der Waals surface area contributed by atoms with Crippen LogP contribution in [0.25, 0.3) is 0 Å². The van der Waals surface area contributed by atoms with Crippen LogP contribution >= 0.6 is 0 Å². The van der Waals surface area contributed by atoms with Crippen molar-refractivity contribution in [3.63, 3.8) is 0 Å². The zero-order chi connectivity index (χ0) is 19.2. The molecule has 2 aromatic rings. The highest BCUT2D eigenvalue weighted by Gasteiger charge is 2.49. The summed E-state index contributed by atoms with van der Waals surface area (Å²) in [6.45, 7) is 7.83. The average molecular weight is 379 g/mol. The van der Waals surface area contributed by atoms with Crippen LogP contribution in [0.3, 0.4) is 0 Å². The summed E-state index contributed by atoms with van der Waals surface area (Å²) in [7, 11) is -1.62. The van der Waals surface area contributed by atoms with E-state index in [0.29, 0.717) is 13.0 Å². The van der Waals surface area contributed by atoms with Crippen LogP contribution in [-0.2, 0) is 21.6 Å². The first-order valence-electron chi connectivity index (χ1n) is 9.90. The summed E-state index contributed by atoms with van der Waals surface area (Å²) in [5.74, 6) is 0. The molecule has 0 N–H and O–H groups in total. The number of carbonyl (C=O) groups excluding carboxylic acids is 1. The number of rotatable bonds is 10. The van der Waals surface area contributed by atoms with Gasteiger partial charge in [0.2, 0.25) is 0 Å². The molecule has 2 atom stereocenters. The molecule has 3 rings (SSSR count). The first-order valence-corrected chi connectivity index (χ1v) is 12.8. The lowest BCUT2D eigenvalue weighted by atomic mass is 9.76. The minimum atomic E-state index is -1.62. The van der Waals surface area contributed by atoms with E-state index in [0.717, 1.165) is 37.8 Å². The van der Waals surface area contributed by atoms with Gasteiger partial charge in [-0.15, -0.1) is 6.58 Å². The highest BCUT2D eigenvalue weighted by Crippen LogP contribution is 2.46. The molecule has 0 unspecified atom stereocenters. The van der Waals surface area contributed by atoms with Crippen molar-refractivity contribution in [2.24, 2.45) is 0 Å². The molecule has 0 bridgehead atoms. The average Bonchev–Trinajstić information content (AvgIpc) is 2.92. The minimum Gasteiger partial charge on any atom is -0.377 e. The Morgan fingerprint density at radius 3 is 2.63 bits per heavy atom. The van der Waals surface area contributed by atoms with E-state index in [1.54, 1.807) is 0 Å². The molecule has 0 radical (unpaired) electrons. The van der Waals surface area contributed by atoms with Crippen molar-refractivity contribution in [1.29, 1.82) is 0 Å². The first-order chi connectivity index (χ1) is 13.1. The lowest BCUT2D eigenvalue weighted by Gasteiger charge is -2.31. The topological polar surface area (TPSA) is 26.3 Å². The van der Waals surface area contributed by atoms with Gasteiger partial charge >= 0.3 is 0 Å². The Morgan fingerprint density at radius 1 is 1.15 bits per heavy atom. The van der Waals surface area contributed by atoms with E-state index in [-0.39, 0.29) is 5.41 Å². The highest BCUT2D eigenvalue weighted by atomic mass is 28.3. The monoisotopic (exact) mass is 378 g/mol. The number of carbonyl (C=O) groups is 1. The lowest BCUT2D eigenvalue weighted by Crippen LogP contribution is -2.41. The summed E-state index contributed by atoms with van der Waals surface area (Å²) in [6, 6.07) is 21.3. The van der Waals surface area contributed by atoms with Gasteiger partial charge in [0, 0.05) is 13.0 Å². The second-order valence-electron chi connectivity index (χ2n) is 8.07. The molecular formula is C24H30O2Si. The Labute approximate surface area is 164 Å². The van der Waals surface area contributed by atoms with Gasteiger partial charge in [-0.2, -0.15) is 0 Å². The number of benzene rings is 2. The van der Waals surface area contributed by atoms with E-state index in [4.69, 9.17) is 4.74 Å². The Kier molecular flexibility index (Phi) is 6.45. The summed E-state index contributed by atoms with van der Waals surface area (Å²) in [4.78, 5) is 11.6. The van der Waals surface area contributed by atoms with Gasteiger partial charge in [-0.25, -0.2) is 0 Å². The number of hydrogen-bond donors (Lipinski definition) is 0. The summed E-state index contributed by atoms with van der Waals surface area (Å²) in [5, 5.41) is 1.52. The third-order valence-corrected chi connectivity index (χ3v) is 10.4. The number of fused-ring (bicyclic) bond motifs is 1. The van der Waals surface area contributed by atoms with Gasteiger partial charge in [0.1, 0.15) is 6.29 Å². The van der Waals surface area contributed by atoms with Crippen molar-refractivity contribution >= 4 is 19.5 Å². The highest BCUT2D eigenvalue weighted by molar-refractivity contribution is 6.92. The van der Waals surface area contributed by atoms with E-state index in [9.17, 15) is 4.79 Å². The van der Waals surface area contributed by atoms with Crippen molar-refractivity contribution in [1.82, 2.24) is 0 Å². The Hall–Kier alpha value is -1.97. The van der Waals surface area contributed by atoms with Crippen LogP contribution in [0.2, 0.25) is 18.6 Å². The van der Waals surface area contributed by atoms with E-state index >= 15 is 0 Å². The molecule has 0 saturated carbocycles. The fraction of sp³-hybridized carbons (Fsp3) is 0.375. The summed E-state index contributed by atoms with van der Waals surface area (Å²) >= 11 is 0. The SMILES string of the molecule is C=CC[Si@@]1(C)C[C@](CC=O)(CCCOCc2ccccc2)c2ccccc21. The number of ether oxygens (including phenoxy) is 1. The van der Waals surface area contributed by atoms with Crippen LogP contribution in [0.5, 0.6) is 0 Å². The Morgan fingerprint density at radius 2 is 1.89 bits per heavy atom. The van der Waals surface area contributed by atoms with E-state index in [1.165, 1.54) is 16.3 Å². The summed E-state index contributed by atoms with van der Waals surface area (Å²) < 4.78 is 5.90. The molecule has 0 aromatic heterocycles. The molecule has 0 amide bonds. The zero-order valence-corrected chi connectivity index (χ0v) is 17.3. The molecule has 1 aliphatic heterocycles. The smallest absolute Gasteiger partial charge is 0.120 e. The van der Waals surface area contributed by atoms with Gasteiger partial charge in [0.05, 0.1) is 14.7 Å². The molecular weight excluding hydrogens is 348 g/mol. The van der Waals surface area contributed by atoms with Crippen LogP contribution in [-0.4, -0.2) is 21.0 Å². The Balaban J connectivity index is 1.68. The van der Waals surface area contributed by atoms with Gasteiger partial charge in [-0.05, 0) is 41.5 Å².